The van der Waals surface area contributed by atoms with Crippen molar-refractivity contribution in [1.82, 2.24) is 4.98 Å². The molecule has 0 radical (unpaired) electrons. The first-order chi connectivity index (χ1) is 11.4. The van der Waals surface area contributed by atoms with Crippen LogP contribution in [0, 0.1) is 0 Å². The fourth-order valence-corrected chi connectivity index (χ4v) is 3.30. The molecule has 0 saturated carbocycles. The van der Waals surface area contributed by atoms with Crippen molar-refractivity contribution in [2.45, 2.75) is 12.6 Å². The van der Waals surface area contributed by atoms with Gasteiger partial charge in [0.1, 0.15) is 0 Å². The second kappa shape index (κ2) is 5.41. The average Bonchev–Trinajstić information content (AvgIpc) is 2.55. The average molecular weight is 352 g/mol. The van der Waals surface area contributed by atoms with Gasteiger partial charge < -0.3 is 10.2 Å². The number of nitrogens with one attached hydrogen (secondary N) is 1. The Bertz CT molecular complexity index is 845. The maximum absolute atomic E-state index is 12.9. The highest BCUT2D eigenvalue weighted by Gasteiger charge is 2.31. The van der Waals surface area contributed by atoms with E-state index in [0.717, 1.165) is 43.0 Å². The molecule has 0 unspecified atom stereocenters. The molecule has 2 aliphatic rings. The molecule has 0 saturated heterocycles. The number of pyridine rings is 1. The van der Waals surface area contributed by atoms with Crippen LogP contribution in [-0.2, 0) is 6.18 Å². The Kier molecular flexibility index (Phi) is 3.46. The minimum absolute atomic E-state index is 0.341. The maximum atomic E-state index is 12.9. The first-order valence-corrected chi connectivity index (χ1v) is 7.89. The summed E-state index contributed by atoms with van der Waals surface area (Å²) in [5, 5.41) is 3.58. The third-order valence-electron chi connectivity index (χ3n) is 4.19. The quantitative estimate of drug-likeness (QED) is 0.788. The summed E-state index contributed by atoms with van der Waals surface area (Å²) in [6, 6.07) is 6.83. The van der Waals surface area contributed by atoms with Gasteiger partial charge in [0.15, 0.2) is 5.82 Å². The Hall–Kier alpha value is -2.21. The Morgan fingerprint density at radius 3 is 2.83 bits per heavy atom. The molecule has 0 spiro atoms. The molecule has 3 nitrogen and oxygen atoms in total. The van der Waals surface area contributed by atoms with E-state index in [0.29, 0.717) is 22.1 Å². The molecule has 0 amide bonds. The lowest BCUT2D eigenvalue weighted by atomic mass is 10.1. The normalized spacial score (nSPS) is 16.3. The van der Waals surface area contributed by atoms with Crippen LogP contribution < -0.4 is 10.2 Å². The van der Waals surface area contributed by atoms with Crippen molar-refractivity contribution < 1.29 is 13.2 Å². The van der Waals surface area contributed by atoms with E-state index >= 15 is 0 Å². The predicted octanol–water partition coefficient (Wildman–Crippen LogP) is 4.94. The zero-order chi connectivity index (χ0) is 16.9. The SMILES string of the molecule is FC(F)(F)c1cccc(-c2nc3c(cc2Cl)N2CCC=C(C2)N3)c1. The first kappa shape index (κ1) is 15.3. The zero-order valence-electron chi connectivity index (χ0n) is 12.5. The predicted molar refractivity (Wildman–Crippen MR) is 88.2 cm³/mol. The molecular formula is C17H13ClF3N3. The largest absolute Gasteiger partial charge is 0.416 e. The molecule has 1 aromatic carbocycles. The summed E-state index contributed by atoms with van der Waals surface area (Å²) in [6.45, 7) is 1.65. The van der Waals surface area contributed by atoms with Gasteiger partial charge in [-0.1, -0.05) is 29.8 Å². The van der Waals surface area contributed by atoms with Crippen molar-refractivity contribution in [2.24, 2.45) is 0 Å². The molecule has 2 bridgehead atoms. The van der Waals surface area contributed by atoms with Crippen molar-refractivity contribution in [3.63, 3.8) is 0 Å². The first-order valence-electron chi connectivity index (χ1n) is 7.51. The highest BCUT2D eigenvalue weighted by molar-refractivity contribution is 6.33. The molecule has 0 aliphatic carbocycles. The monoisotopic (exact) mass is 351 g/mol. The second-order valence-corrected chi connectivity index (χ2v) is 6.24. The summed E-state index contributed by atoms with van der Waals surface area (Å²) >= 11 is 6.33. The van der Waals surface area contributed by atoms with Gasteiger partial charge in [0.05, 0.1) is 28.5 Å². The molecule has 2 aromatic rings. The molecule has 2 aliphatic heterocycles. The van der Waals surface area contributed by atoms with E-state index in [-0.39, 0.29) is 0 Å². The summed E-state index contributed by atoms with van der Waals surface area (Å²) in [6.07, 6.45) is -1.35. The Morgan fingerprint density at radius 1 is 1.21 bits per heavy atom. The standard InChI is InChI=1S/C17H13ClF3N3/c18-13-8-14-16(22-12-5-2-6-24(14)9-12)23-15(13)10-3-1-4-11(7-10)17(19,20)21/h1,3-5,7-8H,2,6,9H2,(H,22,23). The summed E-state index contributed by atoms with van der Waals surface area (Å²) in [5.74, 6) is 0.629. The van der Waals surface area contributed by atoms with Gasteiger partial charge in [-0.2, -0.15) is 13.2 Å². The van der Waals surface area contributed by atoms with E-state index in [1.807, 2.05) is 0 Å². The van der Waals surface area contributed by atoms with Crippen LogP contribution in [0.3, 0.4) is 0 Å². The van der Waals surface area contributed by atoms with Gasteiger partial charge in [0.25, 0.3) is 0 Å². The highest BCUT2D eigenvalue weighted by Crippen LogP contribution is 2.40. The lowest BCUT2D eigenvalue weighted by Gasteiger charge is -2.36. The number of hydrogen-bond acceptors (Lipinski definition) is 3. The van der Waals surface area contributed by atoms with E-state index < -0.39 is 11.7 Å². The van der Waals surface area contributed by atoms with Gasteiger partial charge in [0, 0.05) is 17.8 Å². The van der Waals surface area contributed by atoms with Crippen LogP contribution in [0.25, 0.3) is 11.3 Å². The summed E-state index contributed by atoms with van der Waals surface area (Å²) in [4.78, 5) is 6.66. The number of fused-ring (bicyclic) bond motifs is 4. The van der Waals surface area contributed by atoms with Crippen molar-refractivity contribution >= 4 is 23.1 Å². The van der Waals surface area contributed by atoms with Crippen LogP contribution in [0.2, 0.25) is 5.02 Å². The Morgan fingerprint density at radius 2 is 2.04 bits per heavy atom. The van der Waals surface area contributed by atoms with Crippen molar-refractivity contribution in [3.8, 4) is 11.3 Å². The molecule has 7 heteroatoms. The number of aromatic nitrogens is 1. The lowest BCUT2D eigenvalue weighted by Crippen LogP contribution is -2.36. The van der Waals surface area contributed by atoms with E-state index in [4.69, 9.17) is 11.6 Å². The van der Waals surface area contributed by atoms with Crippen molar-refractivity contribution in [3.05, 3.63) is 52.7 Å². The van der Waals surface area contributed by atoms with Crippen LogP contribution in [0.4, 0.5) is 24.7 Å². The van der Waals surface area contributed by atoms with Crippen LogP contribution in [0.15, 0.2) is 42.1 Å². The third kappa shape index (κ3) is 2.60. The molecule has 24 heavy (non-hydrogen) atoms. The molecule has 1 N–H and O–H groups in total. The number of hydrogen-bond donors (Lipinski definition) is 1. The lowest BCUT2D eigenvalue weighted by molar-refractivity contribution is -0.137. The van der Waals surface area contributed by atoms with Gasteiger partial charge in [-0.15, -0.1) is 0 Å². The molecule has 3 heterocycles. The van der Waals surface area contributed by atoms with Crippen LogP contribution >= 0.6 is 11.6 Å². The van der Waals surface area contributed by atoms with Gasteiger partial charge in [-0.05, 0) is 24.6 Å². The smallest absolute Gasteiger partial charge is 0.362 e. The topological polar surface area (TPSA) is 28.2 Å². The van der Waals surface area contributed by atoms with Crippen LogP contribution in [0.5, 0.6) is 0 Å². The third-order valence-corrected chi connectivity index (χ3v) is 4.48. The Balaban J connectivity index is 1.81. The zero-order valence-corrected chi connectivity index (χ0v) is 13.2. The molecule has 0 atom stereocenters. The number of rotatable bonds is 1. The minimum Gasteiger partial charge on any atom is -0.362 e. The van der Waals surface area contributed by atoms with Crippen LogP contribution in [-0.4, -0.2) is 18.1 Å². The fourth-order valence-electron chi connectivity index (χ4n) is 3.05. The van der Waals surface area contributed by atoms with E-state index in [9.17, 15) is 13.2 Å². The van der Waals surface area contributed by atoms with Crippen molar-refractivity contribution in [2.75, 3.05) is 23.3 Å². The molecule has 124 valence electrons. The van der Waals surface area contributed by atoms with Gasteiger partial charge in [-0.3, -0.25) is 0 Å². The Labute approximate surface area is 141 Å². The number of alkyl halides is 3. The van der Waals surface area contributed by atoms with Crippen LogP contribution in [0.1, 0.15) is 12.0 Å². The number of halogens is 4. The summed E-state index contributed by atoms with van der Waals surface area (Å²) < 4.78 is 38.8. The fraction of sp³-hybridized carbons (Fsp3) is 0.235. The van der Waals surface area contributed by atoms with Gasteiger partial charge in [0.2, 0.25) is 0 Å². The minimum atomic E-state index is -4.40. The van der Waals surface area contributed by atoms with Gasteiger partial charge >= 0.3 is 6.18 Å². The van der Waals surface area contributed by atoms with E-state index in [2.05, 4.69) is 21.3 Å². The maximum Gasteiger partial charge on any atom is 0.416 e. The number of nitrogens with zero attached hydrogens (tertiary/aromatic N) is 2. The van der Waals surface area contributed by atoms with E-state index in [1.54, 1.807) is 12.1 Å². The second-order valence-electron chi connectivity index (χ2n) is 5.83. The molecule has 1 aromatic heterocycles. The van der Waals surface area contributed by atoms with Crippen molar-refractivity contribution in [1.29, 1.82) is 0 Å². The summed E-state index contributed by atoms with van der Waals surface area (Å²) in [5.41, 5.74) is 1.91. The molecule has 0 fully saturated rings. The number of benzene rings is 1. The molecule has 4 rings (SSSR count). The van der Waals surface area contributed by atoms with E-state index in [1.165, 1.54) is 6.07 Å². The molecular weight excluding hydrogens is 339 g/mol. The highest BCUT2D eigenvalue weighted by atomic mass is 35.5. The van der Waals surface area contributed by atoms with Gasteiger partial charge in [-0.25, -0.2) is 4.98 Å². The number of anilines is 2. The summed E-state index contributed by atoms with van der Waals surface area (Å²) in [7, 11) is 0.